The minimum atomic E-state index is -1.84. The van der Waals surface area contributed by atoms with Crippen molar-refractivity contribution in [3.8, 4) is 5.69 Å². The number of methoxy groups -OCH3 is 1. The molecule has 3 saturated heterocycles. The number of aromatic nitrogens is 3. The van der Waals surface area contributed by atoms with Crippen molar-refractivity contribution in [1.29, 1.82) is 0 Å². The summed E-state index contributed by atoms with van der Waals surface area (Å²) in [4.78, 5) is 18.5. The fourth-order valence-electron chi connectivity index (χ4n) is 11.5. The standard InChI is InChI=1S/C53H87N7O13/c1-14-42-53(10,67)46(63)34(6)59(12)28-30(2)26-51(8,66)48(32(4)45(33(5)49(65)71-42)72-43-27-52(9,68-13)47(64)35(7)70-43)73-50-44(62)41(23-31(3)69-50)58(11)21-19-37-25-39(55-54-37)24-36-15-17-40(18-16-36)60-29-38(20-22-61)56-57-60/h15-18,25,29-35,39,41-48,50,61-64,66-67H,14,19-24,26-28H2,1-13H3/t30-,31-,32+,33-,34-,35+,39?,41+,42-,43+,44-,45+,46-,47+,48-,50+,51-,52-,53-/m1/s1. The Balaban J connectivity index is 1.22. The number of rotatable bonds is 15. The van der Waals surface area contributed by atoms with E-state index in [1.54, 1.807) is 46.2 Å². The van der Waals surface area contributed by atoms with Gasteiger partial charge in [-0.3, -0.25) is 4.79 Å². The van der Waals surface area contributed by atoms with Crippen molar-refractivity contribution in [2.75, 3.05) is 40.9 Å². The number of aliphatic hydroxyl groups is 6. The van der Waals surface area contributed by atoms with Gasteiger partial charge in [-0.2, -0.15) is 10.2 Å². The first-order valence-corrected chi connectivity index (χ1v) is 26.3. The molecule has 4 aliphatic rings. The summed E-state index contributed by atoms with van der Waals surface area (Å²) in [6.45, 7) is 18.6. The van der Waals surface area contributed by atoms with Crippen LogP contribution in [0.5, 0.6) is 0 Å². The third-order valence-electron chi connectivity index (χ3n) is 16.1. The second-order valence-corrected chi connectivity index (χ2v) is 22.4. The Morgan fingerprint density at radius 2 is 1.64 bits per heavy atom. The van der Waals surface area contributed by atoms with Crippen molar-refractivity contribution in [2.24, 2.45) is 28.0 Å². The van der Waals surface area contributed by atoms with Gasteiger partial charge in [0, 0.05) is 70.5 Å². The molecule has 1 unspecified atom stereocenters. The third-order valence-corrected chi connectivity index (χ3v) is 16.1. The average Bonchev–Trinajstić information content (AvgIpc) is 4.01. The van der Waals surface area contributed by atoms with Gasteiger partial charge in [0.2, 0.25) is 0 Å². The highest BCUT2D eigenvalue weighted by Crippen LogP contribution is 2.40. The van der Waals surface area contributed by atoms with Gasteiger partial charge in [-0.05, 0) is 112 Å². The first-order chi connectivity index (χ1) is 34.3. The lowest BCUT2D eigenvalue weighted by molar-refractivity contribution is -0.318. The summed E-state index contributed by atoms with van der Waals surface area (Å²) in [6, 6.07) is 6.91. The highest BCUT2D eigenvalue weighted by atomic mass is 16.7. The smallest absolute Gasteiger partial charge is 0.311 e. The minimum Gasteiger partial charge on any atom is -0.459 e. The molecule has 0 aliphatic carbocycles. The zero-order valence-electron chi connectivity index (χ0n) is 45.4. The van der Waals surface area contributed by atoms with Crippen LogP contribution < -0.4 is 0 Å². The van der Waals surface area contributed by atoms with E-state index in [1.807, 2.05) is 70.2 Å². The van der Waals surface area contributed by atoms with Crippen molar-refractivity contribution in [3.63, 3.8) is 0 Å². The summed E-state index contributed by atoms with van der Waals surface area (Å²) < 4.78 is 40.0. The molecule has 73 heavy (non-hydrogen) atoms. The summed E-state index contributed by atoms with van der Waals surface area (Å²) >= 11 is 0. The number of nitrogens with zero attached hydrogens (tertiary/aromatic N) is 7. The number of likely N-dealkylation sites (N-methyl/N-ethyl adjacent to an activating group) is 2. The van der Waals surface area contributed by atoms with Gasteiger partial charge in [0.05, 0.1) is 70.9 Å². The lowest BCUT2D eigenvalue weighted by Gasteiger charge is -2.49. The quantitative estimate of drug-likeness (QED) is 0.139. The van der Waals surface area contributed by atoms with Crippen LogP contribution in [0.3, 0.4) is 0 Å². The molecule has 0 radical (unpaired) electrons. The second-order valence-electron chi connectivity index (χ2n) is 22.4. The Morgan fingerprint density at radius 3 is 2.30 bits per heavy atom. The maximum absolute atomic E-state index is 14.5. The van der Waals surface area contributed by atoms with Crippen molar-refractivity contribution in [1.82, 2.24) is 24.8 Å². The maximum Gasteiger partial charge on any atom is 0.311 e. The zero-order valence-corrected chi connectivity index (χ0v) is 45.4. The van der Waals surface area contributed by atoms with Crippen LogP contribution in [0.1, 0.15) is 113 Å². The monoisotopic (exact) mass is 1030 g/mol. The van der Waals surface area contributed by atoms with E-state index < -0.39 is 102 Å². The number of hydrogen-bond acceptors (Lipinski definition) is 19. The van der Waals surface area contributed by atoms with Crippen molar-refractivity contribution < 1.29 is 63.9 Å². The molecule has 1 aromatic heterocycles. The Kier molecular flexibility index (Phi) is 20.0. The van der Waals surface area contributed by atoms with E-state index in [4.69, 9.17) is 28.4 Å². The van der Waals surface area contributed by atoms with Gasteiger partial charge in [0.15, 0.2) is 12.6 Å². The molecule has 0 amide bonds. The summed E-state index contributed by atoms with van der Waals surface area (Å²) in [5, 5.41) is 86.3. The summed E-state index contributed by atoms with van der Waals surface area (Å²) in [6.07, 6.45) is -3.45. The van der Waals surface area contributed by atoms with E-state index in [1.165, 1.54) is 14.0 Å². The molecule has 0 spiro atoms. The first-order valence-electron chi connectivity index (χ1n) is 26.3. The molecule has 3 fully saturated rings. The fourth-order valence-corrected chi connectivity index (χ4v) is 11.5. The highest BCUT2D eigenvalue weighted by Gasteiger charge is 2.53. The lowest BCUT2D eigenvalue weighted by Crippen LogP contribution is -2.60. The average molecular weight is 1030 g/mol. The highest BCUT2D eigenvalue weighted by molar-refractivity contribution is 5.73. The Hall–Kier alpha value is -3.35. The van der Waals surface area contributed by atoms with Crippen LogP contribution in [0.2, 0.25) is 0 Å². The molecule has 1 aromatic carbocycles. The van der Waals surface area contributed by atoms with Crippen LogP contribution in [0, 0.1) is 17.8 Å². The molecule has 0 saturated carbocycles. The van der Waals surface area contributed by atoms with Crippen LogP contribution in [0.25, 0.3) is 5.69 Å². The van der Waals surface area contributed by atoms with Crippen molar-refractivity contribution in [2.45, 2.75) is 211 Å². The number of azo groups is 1. The van der Waals surface area contributed by atoms with E-state index in [2.05, 4.69) is 31.5 Å². The molecule has 0 bridgehead atoms. The normalized spacial score (nSPS) is 40.5. The number of carbonyl (C=O) groups excluding carboxylic acids is 1. The molecule has 2 aromatic rings. The van der Waals surface area contributed by atoms with E-state index in [-0.39, 0.29) is 43.9 Å². The van der Waals surface area contributed by atoms with Crippen LogP contribution >= 0.6 is 0 Å². The first kappa shape index (κ1) is 58.9. The van der Waals surface area contributed by atoms with Crippen LogP contribution in [-0.4, -0.2) is 199 Å². The molecule has 5 heterocycles. The van der Waals surface area contributed by atoms with E-state index in [0.29, 0.717) is 38.8 Å². The topological polar surface area (TPSA) is 256 Å². The van der Waals surface area contributed by atoms with E-state index in [9.17, 15) is 35.4 Å². The molecule has 4 aliphatic heterocycles. The number of benzene rings is 1. The molecular formula is C53H87N7O13. The summed E-state index contributed by atoms with van der Waals surface area (Å²) in [5.74, 6) is -2.78. The Morgan fingerprint density at radius 1 is 0.945 bits per heavy atom. The Labute approximate surface area is 432 Å². The SMILES string of the molecule is CC[C@H]1OC(=O)[C@H](C)[C@@H](O[C@H]2C[C@@](C)(OC)[C@@H](O)[C@H](C)O2)[C@H](C)[C@@H](O[C@@H]2O[C@H](C)C[C@H](N(C)CCC3=CC(Cc4ccc(-n5cc(CCO)nn5)cc4)N=N3)[C@H]2O)[C@](C)(O)C[C@@H](C)CN(C)[C@H](C)[C@@H](O)[C@]1(C)O. The van der Waals surface area contributed by atoms with Gasteiger partial charge in [-0.15, -0.1) is 5.10 Å². The molecule has 412 valence electrons. The van der Waals surface area contributed by atoms with E-state index >= 15 is 0 Å². The molecule has 20 nitrogen and oxygen atoms in total. The van der Waals surface area contributed by atoms with Crippen LogP contribution in [0.15, 0.2) is 52.5 Å². The number of esters is 1. The van der Waals surface area contributed by atoms with Gasteiger partial charge < -0.3 is 68.9 Å². The third kappa shape index (κ3) is 14.0. The largest absolute Gasteiger partial charge is 0.459 e. The summed E-state index contributed by atoms with van der Waals surface area (Å²) in [7, 11) is 5.29. The molecule has 6 rings (SSSR count). The predicted molar refractivity (Wildman–Crippen MR) is 270 cm³/mol. The van der Waals surface area contributed by atoms with E-state index in [0.717, 1.165) is 22.6 Å². The number of hydrogen-bond donors (Lipinski definition) is 6. The number of aliphatic hydroxyl groups excluding tert-OH is 4. The van der Waals surface area contributed by atoms with Crippen LogP contribution in [0.4, 0.5) is 0 Å². The van der Waals surface area contributed by atoms with Gasteiger partial charge in [-0.25, -0.2) is 4.68 Å². The Bertz CT molecular complexity index is 2140. The zero-order chi connectivity index (χ0) is 53.7. The summed E-state index contributed by atoms with van der Waals surface area (Å²) in [5.41, 5.74) is -1.00. The van der Waals surface area contributed by atoms with Crippen LogP contribution in [-0.2, 0) is 46.1 Å². The number of ether oxygens (including phenoxy) is 6. The molecule has 19 atom stereocenters. The number of cyclic esters (lactones) is 1. The predicted octanol–water partition coefficient (Wildman–Crippen LogP) is 3.74. The molecule has 6 N–H and O–H groups in total. The van der Waals surface area contributed by atoms with Gasteiger partial charge >= 0.3 is 5.97 Å². The molecular weight excluding hydrogens is 943 g/mol. The minimum absolute atomic E-state index is 0.0117. The van der Waals surface area contributed by atoms with Crippen molar-refractivity contribution >= 4 is 5.97 Å². The van der Waals surface area contributed by atoms with Crippen molar-refractivity contribution in [3.05, 3.63) is 53.5 Å². The second kappa shape index (κ2) is 24.8. The van der Waals surface area contributed by atoms with Gasteiger partial charge in [0.1, 0.15) is 30.0 Å². The maximum atomic E-state index is 14.5. The lowest BCUT2D eigenvalue weighted by atomic mass is 9.77. The van der Waals surface area contributed by atoms with Gasteiger partial charge in [0.25, 0.3) is 0 Å². The number of carbonyl (C=O) groups is 1. The fraction of sp³-hybridized carbons (Fsp3) is 0.792. The van der Waals surface area contributed by atoms with Gasteiger partial charge in [-0.1, -0.05) is 38.1 Å². The molecule has 20 heteroatoms.